The van der Waals surface area contributed by atoms with Crippen molar-refractivity contribution in [1.29, 1.82) is 0 Å². The molecule has 1 heterocycles. The van der Waals surface area contributed by atoms with Crippen LogP contribution in [-0.2, 0) is 11.5 Å². The highest BCUT2D eigenvalue weighted by molar-refractivity contribution is 7.11. The Bertz CT molecular complexity index is 696. The number of hydrogen-bond donors (Lipinski definition) is 0. The summed E-state index contributed by atoms with van der Waals surface area (Å²) in [5.74, 6) is 0. The zero-order valence-electron chi connectivity index (χ0n) is 16.5. The monoisotopic (exact) mass is 374 g/mol. The first-order valence-corrected chi connectivity index (χ1v) is 12.7. The van der Waals surface area contributed by atoms with Gasteiger partial charge in [-0.2, -0.15) is 4.57 Å². The van der Waals surface area contributed by atoms with Crippen LogP contribution in [0.5, 0.6) is 0 Å². The molecule has 0 spiro atoms. The molecule has 0 N–H and O–H groups in total. The van der Waals surface area contributed by atoms with E-state index in [-0.39, 0.29) is 6.10 Å². The van der Waals surface area contributed by atoms with Crippen molar-refractivity contribution < 1.29 is 8.99 Å². The second-order valence-electron chi connectivity index (χ2n) is 6.69. The Balaban J connectivity index is 2.40. The lowest BCUT2D eigenvalue weighted by Gasteiger charge is -2.30. The third kappa shape index (κ3) is 4.69. The molecule has 1 aromatic carbocycles. The minimum Gasteiger partial charge on any atom is -0.400 e. The molecule has 0 fully saturated rings. The Morgan fingerprint density at radius 3 is 2.16 bits per heavy atom. The van der Waals surface area contributed by atoms with E-state index in [1.165, 1.54) is 39.3 Å². The fraction of sp³-hybridized carbons (Fsp3) is 0.476. The smallest absolute Gasteiger partial charge is 0.269 e. The van der Waals surface area contributed by atoms with Crippen molar-refractivity contribution in [2.45, 2.75) is 58.9 Å². The van der Waals surface area contributed by atoms with Crippen LogP contribution in [0.15, 0.2) is 36.4 Å². The molecule has 2 aromatic rings. The SMILES string of the molecule is CC[Si](CC)(CC)OC(/C=C/c1ccccc1)c1sc(C)c(C)[n+]1C. The van der Waals surface area contributed by atoms with Gasteiger partial charge in [-0.25, -0.2) is 0 Å². The van der Waals surface area contributed by atoms with Crippen LogP contribution in [0.3, 0.4) is 0 Å². The highest BCUT2D eigenvalue weighted by Gasteiger charge is 2.35. The molecule has 4 heteroatoms. The maximum atomic E-state index is 6.88. The van der Waals surface area contributed by atoms with Crippen LogP contribution in [-0.4, -0.2) is 8.32 Å². The van der Waals surface area contributed by atoms with Crippen molar-refractivity contribution in [1.82, 2.24) is 0 Å². The Kier molecular flexibility index (Phi) is 7.17. The summed E-state index contributed by atoms with van der Waals surface area (Å²) in [6.07, 6.45) is 4.49. The molecule has 0 aliphatic rings. The molecular weight excluding hydrogens is 342 g/mol. The Morgan fingerprint density at radius 1 is 1.08 bits per heavy atom. The van der Waals surface area contributed by atoms with Gasteiger partial charge >= 0.3 is 0 Å². The fourth-order valence-electron chi connectivity index (χ4n) is 3.15. The van der Waals surface area contributed by atoms with E-state index in [2.05, 4.69) is 88.7 Å². The van der Waals surface area contributed by atoms with E-state index in [0.29, 0.717) is 0 Å². The molecule has 0 aliphatic heterocycles. The number of aryl methyl sites for hydroxylation is 1. The van der Waals surface area contributed by atoms with Crippen LogP contribution in [0.1, 0.15) is 48.0 Å². The van der Waals surface area contributed by atoms with Gasteiger partial charge in [0, 0.05) is 6.92 Å². The molecule has 0 aliphatic carbocycles. The number of nitrogens with zero attached hydrogens (tertiary/aromatic N) is 1. The van der Waals surface area contributed by atoms with E-state index in [4.69, 9.17) is 4.43 Å². The Labute approximate surface area is 158 Å². The van der Waals surface area contributed by atoms with Crippen LogP contribution in [0.2, 0.25) is 18.1 Å². The van der Waals surface area contributed by atoms with E-state index >= 15 is 0 Å². The molecule has 0 bridgehead atoms. The Morgan fingerprint density at radius 2 is 1.68 bits per heavy atom. The normalized spacial score (nSPS) is 13.5. The van der Waals surface area contributed by atoms with Crippen LogP contribution in [0.4, 0.5) is 0 Å². The third-order valence-electron chi connectivity index (χ3n) is 5.42. The number of benzene rings is 1. The van der Waals surface area contributed by atoms with Crippen molar-refractivity contribution in [3.8, 4) is 0 Å². The Hall–Kier alpha value is -1.23. The lowest BCUT2D eigenvalue weighted by molar-refractivity contribution is -0.682. The molecule has 0 radical (unpaired) electrons. The molecule has 0 saturated heterocycles. The summed E-state index contributed by atoms with van der Waals surface area (Å²) in [6.45, 7) is 11.3. The average Bonchev–Trinajstić information content (AvgIpc) is 2.91. The van der Waals surface area contributed by atoms with Gasteiger partial charge in [0.2, 0.25) is 0 Å². The van der Waals surface area contributed by atoms with Gasteiger partial charge in [0.15, 0.2) is 20.1 Å². The van der Waals surface area contributed by atoms with Gasteiger partial charge < -0.3 is 4.43 Å². The summed E-state index contributed by atoms with van der Waals surface area (Å²) in [6, 6.07) is 14.0. The molecule has 136 valence electrons. The van der Waals surface area contributed by atoms with Gasteiger partial charge in [0.1, 0.15) is 7.05 Å². The second kappa shape index (κ2) is 8.92. The standard InChI is InChI=1S/C21H32NOSSi/c1-7-25(8-2,9-3)23-20(16-15-19-13-11-10-12-14-19)21-22(6)17(4)18(5)24-21/h10-16,20H,7-9H2,1-6H3/q+1/b16-15+. The van der Waals surface area contributed by atoms with Crippen molar-refractivity contribution in [3.63, 3.8) is 0 Å². The van der Waals surface area contributed by atoms with E-state index in [9.17, 15) is 0 Å². The van der Waals surface area contributed by atoms with Gasteiger partial charge in [-0.1, -0.05) is 68.5 Å². The summed E-state index contributed by atoms with van der Waals surface area (Å²) < 4.78 is 9.19. The second-order valence-corrected chi connectivity index (χ2v) is 12.7. The number of rotatable bonds is 8. The van der Waals surface area contributed by atoms with Crippen molar-refractivity contribution in [2.75, 3.05) is 0 Å². The van der Waals surface area contributed by atoms with E-state index < -0.39 is 8.32 Å². The predicted molar refractivity (Wildman–Crippen MR) is 111 cm³/mol. The van der Waals surface area contributed by atoms with Gasteiger partial charge in [-0.3, -0.25) is 0 Å². The number of aromatic nitrogens is 1. The molecule has 0 saturated carbocycles. The number of hydrogen-bond acceptors (Lipinski definition) is 2. The highest BCUT2D eigenvalue weighted by atomic mass is 32.1. The minimum absolute atomic E-state index is 0.0362. The minimum atomic E-state index is -1.69. The summed E-state index contributed by atoms with van der Waals surface area (Å²) in [7, 11) is 0.470. The molecule has 25 heavy (non-hydrogen) atoms. The van der Waals surface area contributed by atoms with Crippen LogP contribution in [0.25, 0.3) is 6.08 Å². The topological polar surface area (TPSA) is 13.1 Å². The lowest BCUT2D eigenvalue weighted by Crippen LogP contribution is -2.41. The first-order valence-electron chi connectivity index (χ1n) is 9.33. The summed E-state index contributed by atoms with van der Waals surface area (Å²) >= 11 is 1.87. The molecule has 0 amide bonds. The quantitative estimate of drug-likeness (QED) is 0.410. The largest absolute Gasteiger partial charge is 0.400 e. The van der Waals surface area contributed by atoms with Crippen LogP contribution >= 0.6 is 11.3 Å². The molecule has 2 nitrogen and oxygen atoms in total. The van der Waals surface area contributed by atoms with Gasteiger partial charge in [-0.15, -0.1) is 0 Å². The predicted octanol–water partition coefficient (Wildman–Crippen LogP) is 5.97. The summed E-state index contributed by atoms with van der Waals surface area (Å²) in [5.41, 5.74) is 2.55. The molecule has 1 unspecified atom stereocenters. The van der Waals surface area contributed by atoms with Crippen molar-refractivity contribution in [2.24, 2.45) is 7.05 Å². The average molecular weight is 375 g/mol. The molecule has 2 rings (SSSR count). The maximum Gasteiger partial charge on any atom is 0.269 e. The van der Waals surface area contributed by atoms with E-state index in [1.54, 1.807) is 0 Å². The number of thiazole rings is 1. The third-order valence-corrected chi connectivity index (χ3v) is 11.4. The van der Waals surface area contributed by atoms with Gasteiger partial charge in [0.25, 0.3) is 5.01 Å². The first-order chi connectivity index (χ1) is 12.0. The maximum absolute atomic E-state index is 6.88. The zero-order valence-corrected chi connectivity index (χ0v) is 18.3. The van der Waals surface area contributed by atoms with Crippen LogP contribution < -0.4 is 4.57 Å². The molecule has 1 aromatic heterocycles. The highest BCUT2D eigenvalue weighted by Crippen LogP contribution is 2.33. The zero-order chi connectivity index (χ0) is 18.4. The molecule has 1 atom stereocenters. The lowest BCUT2D eigenvalue weighted by atomic mass is 10.2. The van der Waals surface area contributed by atoms with Crippen molar-refractivity contribution in [3.05, 3.63) is 57.6 Å². The van der Waals surface area contributed by atoms with Gasteiger partial charge in [0.05, 0.1) is 4.88 Å². The summed E-state index contributed by atoms with van der Waals surface area (Å²) in [4.78, 5) is 1.37. The van der Waals surface area contributed by atoms with Crippen LogP contribution in [0, 0.1) is 13.8 Å². The van der Waals surface area contributed by atoms with E-state index in [0.717, 1.165) is 0 Å². The first kappa shape index (κ1) is 20.1. The summed E-state index contributed by atoms with van der Waals surface area (Å²) in [5, 5.41) is 1.30. The van der Waals surface area contributed by atoms with Gasteiger partial charge in [-0.05, 0) is 36.7 Å². The molecular formula is C21H32NOSSi+. The van der Waals surface area contributed by atoms with Crippen molar-refractivity contribution >= 4 is 25.7 Å². The fourth-order valence-corrected chi connectivity index (χ4v) is 7.08. The van der Waals surface area contributed by atoms with E-state index in [1.807, 2.05) is 11.3 Å².